The molecule has 0 radical (unpaired) electrons. The summed E-state index contributed by atoms with van der Waals surface area (Å²) in [5.41, 5.74) is 0.214. The summed E-state index contributed by atoms with van der Waals surface area (Å²) in [6, 6.07) is 17.5. The molecule has 0 aromatic heterocycles. The van der Waals surface area contributed by atoms with Gasteiger partial charge in [0.25, 0.3) is 0 Å². The number of halogens is 4. The Balaban J connectivity index is 1.90. The van der Waals surface area contributed by atoms with Crippen molar-refractivity contribution in [3.05, 3.63) is 101 Å². The molecule has 0 aliphatic carbocycles. The van der Waals surface area contributed by atoms with Gasteiger partial charge < -0.3 is 10.2 Å². The molecular weight excluding hydrogens is 598 g/mol. The van der Waals surface area contributed by atoms with Gasteiger partial charge >= 0.3 is 6.18 Å². The van der Waals surface area contributed by atoms with Crippen LogP contribution in [-0.2, 0) is 38.8 Å². The molecule has 2 atom stereocenters. The third-order valence-electron chi connectivity index (χ3n) is 7.15. The lowest BCUT2D eigenvalue weighted by Gasteiger charge is -2.32. The van der Waals surface area contributed by atoms with E-state index in [-0.39, 0.29) is 50.0 Å². The van der Waals surface area contributed by atoms with E-state index in [1.807, 2.05) is 44.2 Å². The number of anilines is 1. The maximum atomic E-state index is 13.8. The predicted molar refractivity (Wildman–Crippen MR) is 162 cm³/mol. The van der Waals surface area contributed by atoms with Crippen LogP contribution in [0.15, 0.2) is 78.9 Å². The summed E-state index contributed by atoms with van der Waals surface area (Å²) in [6.07, 6.45) is -3.17. The minimum atomic E-state index is -4.67. The standard InChI is InChI=1S/C32H37F4N3O4S/c1-4-23(2)37-31(41)29(20-24-10-6-5-7-11-24)38(22-25-15-17-27(33)18-16-25)30(40)14-9-19-39(44(3,42)43)28-13-8-12-26(21-28)32(34,35)36/h5-8,10-13,15-18,21,23,29H,4,9,14,19-20,22H2,1-3H3,(H,37,41)/t23-,29+/m0/s1. The molecule has 0 saturated carbocycles. The number of nitrogens with zero attached hydrogens (tertiary/aromatic N) is 2. The molecule has 2 amide bonds. The van der Waals surface area contributed by atoms with E-state index < -0.39 is 39.5 Å². The zero-order chi connectivity index (χ0) is 32.5. The fourth-order valence-corrected chi connectivity index (χ4v) is 5.58. The lowest BCUT2D eigenvalue weighted by molar-refractivity contribution is -0.141. The number of carbonyl (C=O) groups excluding carboxylic acids is 2. The maximum absolute atomic E-state index is 13.8. The number of benzene rings is 3. The third kappa shape index (κ3) is 10.1. The number of hydrogen-bond acceptors (Lipinski definition) is 4. The average molecular weight is 636 g/mol. The van der Waals surface area contributed by atoms with Crippen LogP contribution in [0.3, 0.4) is 0 Å². The molecule has 0 aliphatic heterocycles. The molecule has 3 aromatic rings. The van der Waals surface area contributed by atoms with Crippen LogP contribution in [0.25, 0.3) is 0 Å². The van der Waals surface area contributed by atoms with Crippen LogP contribution < -0.4 is 9.62 Å². The van der Waals surface area contributed by atoms with Crippen molar-refractivity contribution < 1.29 is 35.6 Å². The Morgan fingerprint density at radius 3 is 2.18 bits per heavy atom. The first-order valence-electron chi connectivity index (χ1n) is 14.2. The van der Waals surface area contributed by atoms with Crippen molar-refractivity contribution in [1.29, 1.82) is 0 Å². The van der Waals surface area contributed by atoms with Crippen molar-refractivity contribution in [2.45, 2.75) is 64.3 Å². The van der Waals surface area contributed by atoms with Crippen molar-refractivity contribution in [1.82, 2.24) is 10.2 Å². The Kier molecular flexibility index (Phi) is 11.9. The maximum Gasteiger partial charge on any atom is 0.416 e. The van der Waals surface area contributed by atoms with Gasteiger partial charge in [-0.15, -0.1) is 0 Å². The molecule has 3 aromatic carbocycles. The minimum Gasteiger partial charge on any atom is -0.352 e. The second-order valence-electron chi connectivity index (χ2n) is 10.7. The summed E-state index contributed by atoms with van der Waals surface area (Å²) in [5, 5.41) is 2.94. The van der Waals surface area contributed by atoms with Gasteiger partial charge in [0.1, 0.15) is 11.9 Å². The van der Waals surface area contributed by atoms with E-state index in [1.165, 1.54) is 35.2 Å². The Morgan fingerprint density at radius 2 is 1.59 bits per heavy atom. The highest BCUT2D eigenvalue weighted by atomic mass is 32.2. The van der Waals surface area contributed by atoms with E-state index in [1.54, 1.807) is 0 Å². The van der Waals surface area contributed by atoms with Crippen molar-refractivity contribution in [3.63, 3.8) is 0 Å². The normalized spacial score (nSPS) is 13.2. The second-order valence-corrected chi connectivity index (χ2v) is 12.6. The number of carbonyl (C=O) groups is 2. The lowest BCUT2D eigenvalue weighted by Crippen LogP contribution is -2.52. The van der Waals surface area contributed by atoms with Crippen LogP contribution in [-0.4, -0.2) is 50.0 Å². The van der Waals surface area contributed by atoms with Crippen LogP contribution in [0.1, 0.15) is 49.8 Å². The molecule has 238 valence electrons. The molecule has 0 heterocycles. The van der Waals surface area contributed by atoms with Crippen LogP contribution in [0.4, 0.5) is 23.2 Å². The molecule has 3 rings (SSSR count). The highest BCUT2D eigenvalue weighted by Crippen LogP contribution is 2.32. The summed E-state index contributed by atoms with van der Waals surface area (Å²) in [7, 11) is -4.00. The Morgan fingerprint density at radius 1 is 0.932 bits per heavy atom. The largest absolute Gasteiger partial charge is 0.416 e. The van der Waals surface area contributed by atoms with Crippen molar-refractivity contribution >= 4 is 27.5 Å². The number of alkyl halides is 3. The van der Waals surface area contributed by atoms with E-state index in [4.69, 9.17) is 0 Å². The van der Waals surface area contributed by atoms with Gasteiger partial charge in [-0.3, -0.25) is 13.9 Å². The van der Waals surface area contributed by atoms with Crippen molar-refractivity contribution in [2.24, 2.45) is 0 Å². The number of nitrogens with one attached hydrogen (secondary N) is 1. The fraction of sp³-hybridized carbons (Fsp3) is 0.375. The molecule has 0 fully saturated rings. The Hall–Kier alpha value is -3.93. The number of sulfonamides is 1. The summed E-state index contributed by atoms with van der Waals surface area (Å²) in [6.45, 7) is 3.47. The van der Waals surface area contributed by atoms with E-state index >= 15 is 0 Å². The second kappa shape index (κ2) is 15.2. The minimum absolute atomic E-state index is 0.0199. The monoisotopic (exact) mass is 635 g/mol. The predicted octanol–water partition coefficient (Wildman–Crippen LogP) is 5.95. The lowest BCUT2D eigenvalue weighted by atomic mass is 10.0. The number of hydrogen-bond donors (Lipinski definition) is 1. The first kappa shape index (κ1) is 34.6. The Labute approximate surface area is 255 Å². The molecule has 0 aliphatic rings. The van der Waals surface area contributed by atoms with Crippen LogP contribution in [0.5, 0.6) is 0 Å². The molecule has 1 N–H and O–H groups in total. The highest BCUT2D eigenvalue weighted by molar-refractivity contribution is 7.92. The molecule has 0 saturated heterocycles. The van der Waals surface area contributed by atoms with Gasteiger partial charge in [-0.05, 0) is 61.2 Å². The topological polar surface area (TPSA) is 86.8 Å². The van der Waals surface area contributed by atoms with E-state index in [0.717, 1.165) is 34.3 Å². The van der Waals surface area contributed by atoms with Gasteiger partial charge in [-0.1, -0.05) is 55.5 Å². The molecule has 0 bridgehead atoms. The zero-order valence-electron chi connectivity index (χ0n) is 24.9. The van der Waals surface area contributed by atoms with Crippen molar-refractivity contribution in [2.75, 3.05) is 17.1 Å². The molecule has 7 nitrogen and oxygen atoms in total. The first-order chi connectivity index (χ1) is 20.7. The quantitative estimate of drug-likeness (QED) is 0.222. The van der Waals surface area contributed by atoms with Gasteiger partial charge in [0.2, 0.25) is 21.8 Å². The van der Waals surface area contributed by atoms with E-state index in [2.05, 4.69) is 5.32 Å². The summed E-state index contributed by atoms with van der Waals surface area (Å²) >= 11 is 0. The van der Waals surface area contributed by atoms with Gasteiger partial charge in [-0.2, -0.15) is 13.2 Å². The Bertz CT molecular complexity index is 1500. The zero-order valence-corrected chi connectivity index (χ0v) is 25.7. The average Bonchev–Trinajstić information content (AvgIpc) is 2.97. The summed E-state index contributed by atoms with van der Waals surface area (Å²) in [4.78, 5) is 28.8. The summed E-state index contributed by atoms with van der Waals surface area (Å²) < 4.78 is 79.5. The third-order valence-corrected chi connectivity index (χ3v) is 8.35. The van der Waals surface area contributed by atoms with Gasteiger partial charge in [0.15, 0.2) is 0 Å². The van der Waals surface area contributed by atoms with Crippen LogP contribution in [0, 0.1) is 5.82 Å². The highest BCUT2D eigenvalue weighted by Gasteiger charge is 2.33. The number of amides is 2. The van der Waals surface area contributed by atoms with E-state index in [9.17, 15) is 35.6 Å². The first-order valence-corrected chi connectivity index (χ1v) is 16.1. The number of rotatable bonds is 14. The van der Waals surface area contributed by atoms with Crippen LogP contribution in [0.2, 0.25) is 0 Å². The smallest absolute Gasteiger partial charge is 0.352 e. The molecular formula is C32H37F4N3O4S. The van der Waals surface area contributed by atoms with Gasteiger partial charge in [0, 0.05) is 32.0 Å². The van der Waals surface area contributed by atoms with Gasteiger partial charge in [-0.25, -0.2) is 12.8 Å². The summed E-state index contributed by atoms with van der Waals surface area (Å²) in [5.74, 6) is -1.30. The van der Waals surface area contributed by atoms with Crippen molar-refractivity contribution in [3.8, 4) is 0 Å². The van der Waals surface area contributed by atoms with Gasteiger partial charge in [0.05, 0.1) is 17.5 Å². The fourth-order valence-electron chi connectivity index (χ4n) is 4.62. The molecule has 0 spiro atoms. The van der Waals surface area contributed by atoms with Crippen LogP contribution >= 0.6 is 0 Å². The van der Waals surface area contributed by atoms with E-state index in [0.29, 0.717) is 12.0 Å². The molecule has 44 heavy (non-hydrogen) atoms. The molecule has 12 heteroatoms. The molecule has 0 unspecified atom stereocenters. The SMILES string of the molecule is CC[C@H](C)NC(=O)[C@@H](Cc1ccccc1)N(Cc1ccc(F)cc1)C(=O)CCCN(c1cccc(C(F)(F)F)c1)S(C)(=O)=O.